The Hall–Kier alpha value is -1.86. The average molecular weight is 280 g/mol. The zero-order chi connectivity index (χ0) is 14.2. The van der Waals surface area contributed by atoms with E-state index in [1.807, 2.05) is 19.9 Å². The first-order valence-corrected chi connectivity index (χ1v) is 7.32. The van der Waals surface area contributed by atoms with Crippen LogP contribution in [0, 0.1) is 0 Å². The largest absolute Gasteiger partial charge is 0.397 e. The van der Waals surface area contributed by atoms with Gasteiger partial charge in [-0.1, -0.05) is 13.8 Å². The van der Waals surface area contributed by atoms with E-state index in [1.54, 1.807) is 10.9 Å². The van der Waals surface area contributed by atoms with Gasteiger partial charge in [-0.05, 0) is 30.2 Å². The summed E-state index contributed by atoms with van der Waals surface area (Å²) in [5.74, 6) is 0.281. The van der Waals surface area contributed by atoms with Gasteiger partial charge in [-0.25, -0.2) is 18.2 Å². The quantitative estimate of drug-likeness (QED) is 0.825. The molecule has 0 atom stereocenters. The molecule has 0 amide bonds. The van der Waals surface area contributed by atoms with Gasteiger partial charge in [0.1, 0.15) is 0 Å². The molecule has 0 fully saturated rings. The summed E-state index contributed by atoms with van der Waals surface area (Å²) in [7, 11) is -3.76. The number of nitrogens with two attached hydrogens (primary N) is 2. The number of benzene rings is 1. The first-order chi connectivity index (χ1) is 8.79. The molecule has 6 nitrogen and oxygen atoms in total. The van der Waals surface area contributed by atoms with Crippen LogP contribution in [0.2, 0.25) is 0 Å². The van der Waals surface area contributed by atoms with Gasteiger partial charge < -0.3 is 5.73 Å². The van der Waals surface area contributed by atoms with Gasteiger partial charge in [0, 0.05) is 6.20 Å². The Morgan fingerprint density at radius 2 is 1.95 bits per heavy atom. The van der Waals surface area contributed by atoms with Crippen LogP contribution in [-0.2, 0) is 10.0 Å². The van der Waals surface area contributed by atoms with E-state index in [2.05, 4.69) is 5.10 Å². The third kappa shape index (κ3) is 2.77. The third-order valence-corrected chi connectivity index (χ3v) is 3.69. The first-order valence-electron chi connectivity index (χ1n) is 5.77. The van der Waals surface area contributed by atoms with Crippen molar-refractivity contribution in [2.45, 2.75) is 24.7 Å². The summed E-state index contributed by atoms with van der Waals surface area (Å²) in [6.07, 6.45) is 1.74. The molecule has 1 aromatic heterocycles. The van der Waals surface area contributed by atoms with Crippen LogP contribution in [0.1, 0.15) is 25.5 Å². The minimum Gasteiger partial charge on any atom is -0.397 e. The highest BCUT2D eigenvalue weighted by atomic mass is 32.2. The van der Waals surface area contributed by atoms with Crippen LogP contribution >= 0.6 is 0 Å². The summed E-state index contributed by atoms with van der Waals surface area (Å²) in [5, 5.41) is 9.47. The molecule has 1 heterocycles. The summed E-state index contributed by atoms with van der Waals surface area (Å²) in [6.45, 7) is 4.05. The molecular weight excluding hydrogens is 264 g/mol. The maximum absolute atomic E-state index is 11.3. The van der Waals surface area contributed by atoms with E-state index < -0.39 is 10.0 Å². The highest BCUT2D eigenvalue weighted by Gasteiger charge is 2.13. The first kappa shape index (κ1) is 13.6. The molecule has 1 aromatic carbocycles. The van der Waals surface area contributed by atoms with Crippen molar-refractivity contribution < 1.29 is 8.42 Å². The van der Waals surface area contributed by atoms with Crippen molar-refractivity contribution in [1.29, 1.82) is 0 Å². The van der Waals surface area contributed by atoms with Gasteiger partial charge in [-0.15, -0.1) is 0 Å². The fourth-order valence-corrected chi connectivity index (χ4v) is 2.21. The Morgan fingerprint density at radius 3 is 2.47 bits per heavy atom. The van der Waals surface area contributed by atoms with E-state index in [4.69, 9.17) is 10.9 Å². The number of hydrogen-bond acceptors (Lipinski definition) is 4. The lowest BCUT2D eigenvalue weighted by Crippen LogP contribution is -2.13. The Labute approximate surface area is 112 Å². The number of nitrogens with zero attached hydrogens (tertiary/aromatic N) is 2. The van der Waals surface area contributed by atoms with Gasteiger partial charge in [0.05, 0.1) is 22.0 Å². The average Bonchev–Trinajstić information content (AvgIpc) is 2.77. The number of rotatable bonds is 3. The molecule has 7 heteroatoms. The minimum absolute atomic E-state index is 0.0123. The number of sulfonamides is 1. The molecule has 0 saturated carbocycles. The van der Waals surface area contributed by atoms with Gasteiger partial charge in [-0.3, -0.25) is 0 Å². The summed E-state index contributed by atoms with van der Waals surface area (Å²) >= 11 is 0. The number of hydrogen-bond donors (Lipinski definition) is 2. The summed E-state index contributed by atoms with van der Waals surface area (Å²) < 4.78 is 24.3. The van der Waals surface area contributed by atoms with E-state index >= 15 is 0 Å². The molecule has 2 aromatic rings. The van der Waals surface area contributed by atoms with Gasteiger partial charge >= 0.3 is 0 Å². The fourth-order valence-electron chi connectivity index (χ4n) is 1.68. The molecule has 0 spiro atoms. The van der Waals surface area contributed by atoms with E-state index in [9.17, 15) is 8.42 Å². The van der Waals surface area contributed by atoms with Crippen molar-refractivity contribution in [2.24, 2.45) is 5.14 Å². The molecule has 0 bridgehead atoms. The van der Waals surface area contributed by atoms with Gasteiger partial charge in [0.25, 0.3) is 0 Å². The standard InChI is InChI=1S/C12H16N4O2S/c1-8(2)11-5-6-16(15-11)12-7-9(19(14,17)18)3-4-10(12)13/h3-8H,13H2,1-2H3,(H2,14,17,18). The van der Waals surface area contributed by atoms with Crippen LogP contribution in [0.25, 0.3) is 5.69 Å². The van der Waals surface area contributed by atoms with Gasteiger partial charge in [-0.2, -0.15) is 5.10 Å². The summed E-state index contributed by atoms with van der Waals surface area (Å²) in [4.78, 5) is 0.0123. The zero-order valence-electron chi connectivity index (χ0n) is 10.7. The molecule has 0 aliphatic carbocycles. The molecule has 102 valence electrons. The predicted octanol–water partition coefficient (Wildman–Crippen LogP) is 1.23. The minimum atomic E-state index is -3.76. The highest BCUT2D eigenvalue weighted by Crippen LogP contribution is 2.22. The molecule has 0 aliphatic rings. The lowest BCUT2D eigenvalue weighted by molar-refractivity contribution is 0.597. The molecule has 0 radical (unpaired) electrons. The maximum Gasteiger partial charge on any atom is 0.238 e. The molecule has 19 heavy (non-hydrogen) atoms. The lowest BCUT2D eigenvalue weighted by Gasteiger charge is -2.08. The molecule has 0 unspecified atom stereocenters. The Morgan fingerprint density at radius 1 is 1.26 bits per heavy atom. The monoisotopic (exact) mass is 280 g/mol. The fraction of sp³-hybridized carbons (Fsp3) is 0.250. The van der Waals surface area contributed by atoms with Crippen LogP contribution in [0.5, 0.6) is 0 Å². The van der Waals surface area contributed by atoms with E-state index in [1.165, 1.54) is 18.2 Å². The van der Waals surface area contributed by atoms with Gasteiger partial charge in [0.2, 0.25) is 10.0 Å². The van der Waals surface area contributed by atoms with Crippen LogP contribution in [0.3, 0.4) is 0 Å². The van der Waals surface area contributed by atoms with Crippen molar-refractivity contribution in [3.63, 3.8) is 0 Å². The van der Waals surface area contributed by atoms with Crippen LogP contribution in [-0.4, -0.2) is 18.2 Å². The number of primary sulfonamides is 1. The zero-order valence-corrected chi connectivity index (χ0v) is 11.6. The maximum atomic E-state index is 11.3. The molecule has 2 rings (SSSR count). The van der Waals surface area contributed by atoms with Crippen molar-refractivity contribution in [2.75, 3.05) is 5.73 Å². The number of aromatic nitrogens is 2. The normalized spacial score (nSPS) is 12.0. The Balaban J connectivity index is 2.54. The lowest BCUT2D eigenvalue weighted by atomic mass is 10.1. The van der Waals surface area contributed by atoms with Gasteiger partial charge in [0.15, 0.2) is 0 Å². The second-order valence-corrected chi connectivity index (χ2v) is 6.17. The molecule has 0 aliphatic heterocycles. The summed E-state index contributed by atoms with van der Waals surface area (Å²) in [6, 6.07) is 6.17. The van der Waals surface area contributed by atoms with Crippen molar-refractivity contribution in [3.05, 3.63) is 36.2 Å². The van der Waals surface area contributed by atoms with E-state index in [0.717, 1.165) is 5.69 Å². The van der Waals surface area contributed by atoms with Crippen molar-refractivity contribution in [3.8, 4) is 5.69 Å². The smallest absolute Gasteiger partial charge is 0.238 e. The number of anilines is 1. The second kappa shape index (κ2) is 4.67. The third-order valence-electron chi connectivity index (χ3n) is 2.78. The molecule has 0 saturated heterocycles. The van der Waals surface area contributed by atoms with E-state index in [-0.39, 0.29) is 10.8 Å². The Bertz CT molecular complexity index is 704. The number of nitrogen functional groups attached to an aromatic ring is 1. The topological polar surface area (TPSA) is 104 Å². The summed E-state index contributed by atoms with van der Waals surface area (Å²) in [5.41, 5.74) is 7.69. The molecular formula is C12H16N4O2S. The molecule has 4 N–H and O–H groups in total. The van der Waals surface area contributed by atoms with Crippen LogP contribution in [0.4, 0.5) is 5.69 Å². The van der Waals surface area contributed by atoms with Crippen molar-refractivity contribution in [1.82, 2.24) is 9.78 Å². The SMILES string of the molecule is CC(C)c1ccn(-c2cc(S(N)(=O)=O)ccc2N)n1. The van der Waals surface area contributed by atoms with E-state index in [0.29, 0.717) is 11.4 Å². The van der Waals surface area contributed by atoms with Crippen molar-refractivity contribution >= 4 is 15.7 Å². The van der Waals surface area contributed by atoms with Crippen LogP contribution in [0.15, 0.2) is 35.4 Å². The highest BCUT2D eigenvalue weighted by molar-refractivity contribution is 7.89. The van der Waals surface area contributed by atoms with Crippen LogP contribution < -0.4 is 10.9 Å². The predicted molar refractivity (Wildman–Crippen MR) is 73.4 cm³/mol. The second-order valence-electron chi connectivity index (χ2n) is 4.61. The Kier molecular flexibility index (Phi) is 3.34.